The summed E-state index contributed by atoms with van der Waals surface area (Å²) in [6.45, 7) is 5.80. The monoisotopic (exact) mass is 268 g/mol. The summed E-state index contributed by atoms with van der Waals surface area (Å²) in [7, 11) is 0. The van der Waals surface area contributed by atoms with Crippen LogP contribution in [-0.4, -0.2) is 6.10 Å². The van der Waals surface area contributed by atoms with Crippen molar-refractivity contribution in [1.82, 2.24) is 0 Å². The largest absolute Gasteiger partial charge is 0.483 e. The second-order valence-corrected chi connectivity index (χ2v) is 4.07. The zero-order valence-electron chi connectivity index (χ0n) is 10.9. The maximum atomic E-state index is 13.5. The summed E-state index contributed by atoms with van der Waals surface area (Å²) in [5.41, 5.74) is -0.518. The van der Waals surface area contributed by atoms with Crippen LogP contribution in [0.25, 0.3) is 11.0 Å². The van der Waals surface area contributed by atoms with Gasteiger partial charge in [0.1, 0.15) is 6.10 Å². The third-order valence-electron chi connectivity index (χ3n) is 2.84. The van der Waals surface area contributed by atoms with Crippen molar-refractivity contribution in [3.8, 4) is 5.75 Å². The van der Waals surface area contributed by atoms with Crippen LogP contribution in [0.3, 0.4) is 0 Å². The molecule has 19 heavy (non-hydrogen) atoms. The zero-order valence-corrected chi connectivity index (χ0v) is 10.9. The Hall–Kier alpha value is -1.91. The maximum Gasteiger partial charge on any atom is 0.379 e. The minimum atomic E-state index is -1.14. The van der Waals surface area contributed by atoms with Crippen molar-refractivity contribution in [2.45, 2.75) is 33.3 Å². The van der Waals surface area contributed by atoms with E-state index < -0.39 is 17.3 Å². The Labute approximate surface area is 108 Å². The van der Waals surface area contributed by atoms with Gasteiger partial charge in [0, 0.05) is 17.4 Å². The van der Waals surface area contributed by atoms with E-state index in [1.165, 1.54) is 6.07 Å². The molecule has 0 aliphatic carbocycles. The van der Waals surface area contributed by atoms with E-state index in [9.17, 15) is 13.6 Å². The third kappa shape index (κ3) is 2.09. The summed E-state index contributed by atoms with van der Waals surface area (Å²) in [5, 5.41) is 0.392. The Kier molecular flexibility index (Phi) is 3.55. The number of hydrogen-bond acceptors (Lipinski definition) is 3. The van der Waals surface area contributed by atoms with Gasteiger partial charge in [-0.25, -0.2) is 9.18 Å². The second kappa shape index (κ2) is 4.99. The molecule has 3 rings (SSSR count). The van der Waals surface area contributed by atoms with Gasteiger partial charge in [0.2, 0.25) is 11.6 Å². The van der Waals surface area contributed by atoms with E-state index in [2.05, 4.69) is 0 Å². The molecule has 1 aliphatic rings. The molecule has 2 aromatic rings. The first-order chi connectivity index (χ1) is 9.08. The lowest BCUT2D eigenvalue weighted by atomic mass is 10.1. The molecule has 0 unspecified atom stereocenters. The van der Waals surface area contributed by atoms with Gasteiger partial charge >= 0.3 is 5.63 Å². The molecule has 5 heteroatoms. The molecule has 0 saturated carbocycles. The van der Waals surface area contributed by atoms with E-state index in [0.29, 0.717) is 17.4 Å². The van der Waals surface area contributed by atoms with E-state index in [-0.39, 0.29) is 17.4 Å². The molecule has 0 bridgehead atoms. The molecule has 0 spiro atoms. The Balaban J connectivity index is 0.000000637. The Morgan fingerprint density at radius 1 is 1.26 bits per heavy atom. The molecule has 3 nitrogen and oxygen atoms in total. The van der Waals surface area contributed by atoms with Crippen LogP contribution in [0, 0.1) is 11.6 Å². The zero-order chi connectivity index (χ0) is 14.2. The number of benzene rings is 1. The standard InChI is InChI=1S/C12H8F2O3.C2H6/c1-5-4-7-6-2-3-8(13)9(14)10(6)17-12(15)11(7)16-5;1-2/h2-3,5H,4H2,1H3;1-2H3/t5-;/m1./s1. The lowest BCUT2D eigenvalue weighted by Crippen LogP contribution is -2.09. The average molecular weight is 268 g/mol. The molecule has 0 saturated heterocycles. The van der Waals surface area contributed by atoms with Crippen LogP contribution in [0.5, 0.6) is 5.75 Å². The second-order valence-electron chi connectivity index (χ2n) is 4.07. The lowest BCUT2D eigenvalue weighted by molar-refractivity contribution is 0.245. The van der Waals surface area contributed by atoms with Crippen LogP contribution in [0.1, 0.15) is 26.3 Å². The number of ether oxygens (including phenoxy) is 1. The highest BCUT2D eigenvalue weighted by molar-refractivity contribution is 5.83. The molecule has 0 N–H and O–H groups in total. The van der Waals surface area contributed by atoms with E-state index in [1.807, 2.05) is 13.8 Å². The fraction of sp³-hybridized carbons (Fsp3) is 0.357. The van der Waals surface area contributed by atoms with Crippen molar-refractivity contribution in [1.29, 1.82) is 0 Å². The van der Waals surface area contributed by atoms with Crippen LogP contribution < -0.4 is 10.4 Å². The molecular weight excluding hydrogens is 254 g/mol. The van der Waals surface area contributed by atoms with Crippen LogP contribution >= 0.6 is 0 Å². The fourth-order valence-corrected chi connectivity index (χ4v) is 2.11. The van der Waals surface area contributed by atoms with E-state index in [4.69, 9.17) is 9.15 Å². The van der Waals surface area contributed by atoms with E-state index in [1.54, 1.807) is 6.92 Å². The number of hydrogen-bond donors (Lipinski definition) is 0. The summed E-state index contributed by atoms with van der Waals surface area (Å²) >= 11 is 0. The maximum absolute atomic E-state index is 13.5. The smallest absolute Gasteiger partial charge is 0.379 e. The van der Waals surface area contributed by atoms with E-state index in [0.717, 1.165) is 6.07 Å². The number of halogens is 2. The van der Waals surface area contributed by atoms with Gasteiger partial charge in [0.25, 0.3) is 0 Å². The van der Waals surface area contributed by atoms with Gasteiger partial charge in [0.05, 0.1) is 0 Å². The molecule has 0 fully saturated rings. The van der Waals surface area contributed by atoms with Gasteiger partial charge in [-0.3, -0.25) is 0 Å². The van der Waals surface area contributed by atoms with Crippen LogP contribution in [-0.2, 0) is 6.42 Å². The van der Waals surface area contributed by atoms with E-state index >= 15 is 0 Å². The highest BCUT2D eigenvalue weighted by Crippen LogP contribution is 2.33. The van der Waals surface area contributed by atoms with Gasteiger partial charge in [-0.1, -0.05) is 13.8 Å². The molecule has 0 radical (unpaired) electrons. The minimum absolute atomic E-state index is 0.107. The Morgan fingerprint density at radius 3 is 2.63 bits per heavy atom. The first kappa shape index (κ1) is 13.5. The molecule has 2 heterocycles. The highest BCUT2D eigenvalue weighted by Gasteiger charge is 2.27. The molecule has 1 aromatic heterocycles. The summed E-state index contributed by atoms with van der Waals surface area (Å²) in [6.07, 6.45) is 0.328. The first-order valence-corrected chi connectivity index (χ1v) is 6.18. The number of rotatable bonds is 0. The summed E-state index contributed by atoms with van der Waals surface area (Å²) < 4.78 is 36.6. The Bertz CT molecular complexity index is 676. The van der Waals surface area contributed by atoms with Crippen molar-refractivity contribution in [3.05, 3.63) is 39.8 Å². The highest BCUT2D eigenvalue weighted by atomic mass is 19.2. The fourth-order valence-electron chi connectivity index (χ4n) is 2.11. The predicted molar refractivity (Wildman–Crippen MR) is 67.5 cm³/mol. The van der Waals surface area contributed by atoms with Crippen LogP contribution in [0.4, 0.5) is 8.78 Å². The van der Waals surface area contributed by atoms with Gasteiger partial charge in [-0.15, -0.1) is 0 Å². The SMILES string of the molecule is CC.C[C@@H]1Cc2c(c(=O)oc3c(F)c(F)ccc23)O1. The minimum Gasteiger partial charge on any atom is -0.483 e. The summed E-state index contributed by atoms with van der Waals surface area (Å²) in [6, 6.07) is 2.41. The Morgan fingerprint density at radius 2 is 1.95 bits per heavy atom. The topological polar surface area (TPSA) is 39.4 Å². The van der Waals surface area contributed by atoms with Gasteiger partial charge in [-0.05, 0) is 19.1 Å². The van der Waals surface area contributed by atoms with Gasteiger partial charge in [-0.2, -0.15) is 4.39 Å². The van der Waals surface area contributed by atoms with Gasteiger partial charge in [0.15, 0.2) is 11.4 Å². The number of fused-ring (bicyclic) bond motifs is 3. The van der Waals surface area contributed by atoms with Gasteiger partial charge < -0.3 is 9.15 Å². The molecular formula is C14H14F2O3. The summed E-state index contributed by atoms with van der Waals surface area (Å²) in [5.74, 6) is -2.06. The van der Waals surface area contributed by atoms with Crippen molar-refractivity contribution >= 4 is 11.0 Å². The van der Waals surface area contributed by atoms with Crippen molar-refractivity contribution in [3.63, 3.8) is 0 Å². The third-order valence-corrected chi connectivity index (χ3v) is 2.84. The molecule has 0 amide bonds. The normalized spacial score (nSPS) is 16.6. The lowest BCUT2D eigenvalue weighted by Gasteiger charge is -2.03. The summed E-state index contributed by atoms with van der Waals surface area (Å²) in [4.78, 5) is 11.6. The van der Waals surface area contributed by atoms with Crippen molar-refractivity contribution in [2.75, 3.05) is 0 Å². The molecule has 1 atom stereocenters. The van der Waals surface area contributed by atoms with Crippen LogP contribution in [0.15, 0.2) is 21.3 Å². The van der Waals surface area contributed by atoms with Crippen LogP contribution in [0.2, 0.25) is 0 Å². The van der Waals surface area contributed by atoms with Crippen molar-refractivity contribution < 1.29 is 17.9 Å². The molecule has 1 aliphatic heterocycles. The first-order valence-electron chi connectivity index (χ1n) is 6.18. The predicted octanol–water partition coefficient (Wildman–Crippen LogP) is 3.42. The quantitative estimate of drug-likeness (QED) is 0.687. The average Bonchev–Trinajstić information content (AvgIpc) is 2.80. The molecule has 1 aromatic carbocycles. The van der Waals surface area contributed by atoms with Crippen molar-refractivity contribution in [2.24, 2.45) is 0 Å². The molecule has 102 valence electrons.